The van der Waals surface area contributed by atoms with E-state index < -0.39 is 6.10 Å². The molecule has 1 atom stereocenters. The second-order valence-electron chi connectivity index (χ2n) is 6.48. The topological polar surface area (TPSA) is 38.3 Å². The smallest absolute Gasteiger partial charge is 0.265 e. The van der Waals surface area contributed by atoms with Crippen LogP contribution in [0.4, 0.5) is 5.69 Å². The molecule has 122 valence electrons. The second-order valence-corrected chi connectivity index (χ2v) is 6.88. The molecule has 2 rings (SSSR count). The number of hydrogen-bond acceptors (Lipinski definition) is 2. The van der Waals surface area contributed by atoms with Crippen molar-refractivity contribution < 1.29 is 9.53 Å². The van der Waals surface area contributed by atoms with E-state index in [0.29, 0.717) is 10.7 Å². The normalized spacial score (nSPS) is 12.6. The van der Waals surface area contributed by atoms with Crippen molar-refractivity contribution in [3.8, 4) is 5.75 Å². The SMILES string of the molecule is CC(Oc1ccccc1C(C)(C)C)C(=O)Nc1ccccc1Cl. The third-order valence-corrected chi connectivity index (χ3v) is 3.83. The maximum atomic E-state index is 12.3. The maximum absolute atomic E-state index is 12.3. The van der Waals surface area contributed by atoms with Gasteiger partial charge in [0.15, 0.2) is 6.10 Å². The molecular formula is C19H22ClNO2. The van der Waals surface area contributed by atoms with Crippen LogP contribution in [0, 0.1) is 0 Å². The average Bonchev–Trinajstić information content (AvgIpc) is 2.49. The van der Waals surface area contributed by atoms with Crippen LogP contribution in [0.2, 0.25) is 5.02 Å². The van der Waals surface area contributed by atoms with Gasteiger partial charge in [0, 0.05) is 0 Å². The summed E-state index contributed by atoms with van der Waals surface area (Å²) in [6.07, 6.45) is -0.630. The second kappa shape index (κ2) is 7.05. The molecule has 2 aromatic carbocycles. The Labute approximate surface area is 142 Å². The summed E-state index contributed by atoms with van der Waals surface area (Å²) in [7, 11) is 0. The first kappa shape index (κ1) is 17.4. The molecule has 2 aromatic rings. The molecule has 0 aromatic heterocycles. The van der Waals surface area contributed by atoms with Crippen molar-refractivity contribution in [3.63, 3.8) is 0 Å². The highest BCUT2D eigenvalue weighted by molar-refractivity contribution is 6.33. The van der Waals surface area contributed by atoms with Crippen LogP contribution in [-0.2, 0) is 10.2 Å². The van der Waals surface area contributed by atoms with Crippen molar-refractivity contribution >= 4 is 23.2 Å². The Morgan fingerprint density at radius 3 is 2.35 bits per heavy atom. The van der Waals surface area contributed by atoms with E-state index in [1.165, 1.54) is 0 Å². The van der Waals surface area contributed by atoms with Crippen LogP contribution in [0.5, 0.6) is 5.75 Å². The summed E-state index contributed by atoms with van der Waals surface area (Å²) in [5.41, 5.74) is 1.59. The van der Waals surface area contributed by atoms with E-state index in [0.717, 1.165) is 11.3 Å². The number of carbonyl (C=O) groups excluding carboxylic acids is 1. The molecule has 0 aliphatic heterocycles. The van der Waals surface area contributed by atoms with Crippen molar-refractivity contribution in [2.24, 2.45) is 0 Å². The predicted molar refractivity (Wildman–Crippen MR) is 95.3 cm³/mol. The average molecular weight is 332 g/mol. The van der Waals surface area contributed by atoms with Crippen LogP contribution in [0.3, 0.4) is 0 Å². The van der Waals surface area contributed by atoms with Gasteiger partial charge in [0.05, 0.1) is 10.7 Å². The lowest BCUT2D eigenvalue weighted by atomic mass is 9.86. The molecule has 0 saturated heterocycles. The molecule has 1 N–H and O–H groups in total. The Morgan fingerprint density at radius 2 is 1.70 bits per heavy atom. The lowest BCUT2D eigenvalue weighted by Crippen LogP contribution is -2.31. The third-order valence-electron chi connectivity index (χ3n) is 3.50. The van der Waals surface area contributed by atoms with Crippen molar-refractivity contribution in [1.82, 2.24) is 0 Å². The first-order valence-corrected chi connectivity index (χ1v) is 7.98. The summed E-state index contributed by atoms with van der Waals surface area (Å²) in [5, 5.41) is 3.30. The third kappa shape index (κ3) is 4.49. The quantitative estimate of drug-likeness (QED) is 0.852. The van der Waals surface area contributed by atoms with Crippen LogP contribution in [0.15, 0.2) is 48.5 Å². The van der Waals surface area contributed by atoms with Crippen LogP contribution in [-0.4, -0.2) is 12.0 Å². The lowest BCUT2D eigenvalue weighted by molar-refractivity contribution is -0.122. The Balaban J connectivity index is 2.12. The number of anilines is 1. The van der Waals surface area contributed by atoms with E-state index in [2.05, 4.69) is 26.1 Å². The molecular weight excluding hydrogens is 310 g/mol. The number of carbonyl (C=O) groups is 1. The van der Waals surface area contributed by atoms with Crippen LogP contribution in [0.1, 0.15) is 33.3 Å². The van der Waals surface area contributed by atoms with Crippen molar-refractivity contribution in [3.05, 3.63) is 59.1 Å². The highest BCUT2D eigenvalue weighted by Crippen LogP contribution is 2.31. The van der Waals surface area contributed by atoms with Crippen LogP contribution in [0.25, 0.3) is 0 Å². The number of halogens is 1. The van der Waals surface area contributed by atoms with Gasteiger partial charge in [0.25, 0.3) is 5.91 Å². The molecule has 4 heteroatoms. The summed E-state index contributed by atoms with van der Waals surface area (Å²) >= 11 is 6.06. The van der Waals surface area contributed by atoms with E-state index in [9.17, 15) is 4.79 Å². The molecule has 1 amide bonds. The monoisotopic (exact) mass is 331 g/mol. The lowest BCUT2D eigenvalue weighted by Gasteiger charge is -2.24. The Morgan fingerprint density at radius 1 is 1.09 bits per heavy atom. The van der Waals surface area contributed by atoms with Gasteiger partial charge in [-0.3, -0.25) is 4.79 Å². The fourth-order valence-electron chi connectivity index (χ4n) is 2.23. The predicted octanol–water partition coefficient (Wildman–Crippen LogP) is 5.04. The van der Waals surface area contributed by atoms with Crippen molar-refractivity contribution in [1.29, 1.82) is 0 Å². The molecule has 0 spiro atoms. The zero-order valence-corrected chi connectivity index (χ0v) is 14.6. The van der Waals surface area contributed by atoms with E-state index in [4.69, 9.17) is 16.3 Å². The van der Waals surface area contributed by atoms with E-state index in [-0.39, 0.29) is 11.3 Å². The first-order valence-electron chi connectivity index (χ1n) is 7.60. The van der Waals surface area contributed by atoms with Gasteiger partial charge in [0.1, 0.15) is 5.75 Å². The van der Waals surface area contributed by atoms with E-state index >= 15 is 0 Å². The Bertz CT molecular complexity index is 692. The Hall–Kier alpha value is -2.00. The molecule has 0 bridgehead atoms. The fourth-order valence-corrected chi connectivity index (χ4v) is 2.41. The molecule has 0 aliphatic carbocycles. The van der Waals surface area contributed by atoms with Gasteiger partial charge in [0.2, 0.25) is 0 Å². The molecule has 1 unspecified atom stereocenters. The van der Waals surface area contributed by atoms with E-state index in [1.54, 1.807) is 19.1 Å². The van der Waals surface area contributed by atoms with Gasteiger partial charge in [-0.2, -0.15) is 0 Å². The largest absolute Gasteiger partial charge is 0.481 e. The zero-order valence-electron chi connectivity index (χ0n) is 13.9. The van der Waals surface area contributed by atoms with Crippen LogP contribution < -0.4 is 10.1 Å². The summed E-state index contributed by atoms with van der Waals surface area (Å²) < 4.78 is 5.89. The molecule has 3 nitrogen and oxygen atoms in total. The zero-order chi connectivity index (χ0) is 17.0. The maximum Gasteiger partial charge on any atom is 0.265 e. The summed E-state index contributed by atoms with van der Waals surface area (Å²) in [5.74, 6) is 0.489. The fraction of sp³-hybridized carbons (Fsp3) is 0.316. The number of amides is 1. The molecule has 0 aliphatic rings. The molecule has 0 saturated carbocycles. The number of ether oxygens (including phenoxy) is 1. The minimum Gasteiger partial charge on any atom is -0.481 e. The highest BCUT2D eigenvalue weighted by atomic mass is 35.5. The minimum absolute atomic E-state index is 0.0600. The van der Waals surface area contributed by atoms with Gasteiger partial charge in [-0.25, -0.2) is 0 Å². The number of para-hydroxylation sites is 2. The minimum atomic E-state index is -0.630. The molecule has 23 heavy (non-hydrogen) atoms. The first-order chi connectivity index (χ1) is 10.8. The van der Waals surface area contributed by atoms with Gasteiger partial charge in [-0.1, -0.05) is 62.7 Å². The molecule has 0 fully saturated rings. The van der Waals surface area contributed by atoms with Gasteiger partial charge in [-0.15, -0.1) is 0 Å². The van der Waals surface area contributed by atoms with Crippen molar-refractivity contribution in [2.75, 3.05) is 5.32 Å². The number of rotatable bonds is 4. The van der Waals surface area contributed by atoms with Gasteiger partial charge >= 0.3 is 0 Å². The van der Waals surface area contributed by atoms with Gasteiger partial charge in [-0.05, 0) is 36.1 Å². The highest BCUT2D eigenvalue weighted by Gasteiger charge is 2.22. The Kier molecular flexibility index (Phi) is 5.32. The molecule has 0 radical (unpaired) electrons. The van der Waals surface area contributed by atoms with Crippen molar-refractivity contribution in [2.45, 2.75) is 39.2 Å². The molecule has 0 heterocycles. The van der Waals surface area contributed by atoms with Crippen LogP contribution >= 0.6 is 11.6 Å². The summed E-state index contributed by atoms with van der Waals surface area (Å²) in [4.78, 5) is 12.3. The van der Waals surface area contributed by atoms with E-state index in [1.807, 2.05) is 36.4 Å². The standard InChI is InChI=1S/C19H22ClNO2/c1-13(18(22)21-16-11-7-6-10-15(16)20)23-17-12-8-5-9-14(17)19(2,3)4/h5-13H,1-4H3,(H,21,22). The number of benzene rings is 2. The van der Waals surface area contributed by atoms with Gasteiger partial charge < -0.3 is 10.1 Å². The number of hydrogen-bond donors (Lipinski definition) is 1. The summed E-state index contributed by atoms with van der Waals surface area (Å²) in [6, 6.07) is 14.9. The summed E-state index contributed by atoms with van der Waals surface area (Å²) in [6.45, 7) is 8.07. The number of nitrogens with one attached hydrogen (secondary N) is 1.